The van der Waals surface area contributed by atoms with Crippen molar-refractivity contribution in [3.63, 3.8) is 0 Å². The quantitative estimate of drug-likeness (QED) is 0.874. The van der Waals surface area contributed by atoms with Crippen LogP contribution in [-0.4, -0.2) is 12.0 Å². The highest BCUT2D eigenvalue weighted by atomic mass is 35.5. The molecule has 0 fully saturated rings. The van der Waals surface area contributed by atoms with Crippen LogP contribution >= 0.6 is 11.6 Å². The lowest BCUT2D eigenvalue weighted by Crippen LogP contribution is -1.95. The Hall–Kier alpha value is -1.81. The third kappa shape index (κ3) is 2.85. The van der Waals surface area contributed by atoms with E-state index >= 15 is 0 Å². The molecule has 88 valence electrons. The first-order valence-corrected chi connectivity index (χ1v) is 5.43. The van der Waals surface area contributed by atoms with Gasteiger partial charge in [-0.1, -0.05) is 11.6 Å². The molecule has 0 aliphatic rings. The molecule has 17 heavy (non-hydrogen) atoms. The van der Waals surface area contributed by atoms with Crippen LogP contribution in [0.15, 0.2) is 36.5 Å². The van der Waals surface area contributed by atoms with Crippen LogP contribution < -0.4 is 10.6 Å². The Morgan fingerprint density at radius 1 is 1.18 bits per heavy atom. The highest BCUT2D eigenvalue weighted by Gasteiger charge is 2.01. The number of nitrogens with zero attached hydrogens (tertiary/aromatic N) is 1. The molecular formula is C12H11ClFN3. The van der Waals surface area contributed by atoms with Gasteiger partial charge in [-0.2, -0.15) is 0 Å². The Kier molecular flexibility index (Phi) is 3.44. The van der Waals surface area contributed by atoms with Gasteiger partial charge in [-0.3, -0.25) is 0 Å². The summed E-state index contributed by atoms with van der Waals surface area (Å²) in [6.45, 7) is 0. The number of nitrogens with one attached hydrogen (secondary N) is 2. The zero-order valence-corrected chi connectivity index (χ0v) is 9.92. The smallest absolute Gasteiger partial charge is 0.141 e. The molecular weight excluding hydrogens is 241 g/mol. The second kappa shape index (κ2) is 5.01. The van der Waals surface area contributed by atoms with Crippen molar-refractivity contribution in [2.45, 2.75) is 0 Å². The molecule has 0 spiro atoms. The summed E-state index contributed by atoms with van der Waals surface area (Å²) in [5.74, 6) is 0.325. The molecule has 0 amide bonds. The fourth-order valence-electron chi connectivity index (χ4n) is 1.39. The fourth-order valence-corrected chi connectivity index (χ4v) is 1.57. The third-order valence-electron chi connectivity index (χ3n) is 2.22. The van der Waals surface area contributed by atoms with Gasteiger partial charge < -0.3 is 10.6 Å². The number of anilines is 3. The molecule has 0 atom stereocenters. The zero-order valence-electron chi connectivity index (χ0n) is 9.17. The van der Waals surface area contributed by atoms with E-state index < -0.39 is 5.82 Å². The molecule has 5 heteroatoms. The molecule has 0 aliphatic heterocycles. The van der Waals surface area contributed by atoms with Crippen LogP contribution in [0.4, 0.5) is 21.6 Å². The standard InChI is InChI=1S/C12H11ClFN3/c1-15-12-7-9(4-5-16-12)17-8-2-3-11(14)10(13)6-8/h2-7H,1H3,(H2,15,16,17). The topological polar surface area (TPSA) is 37.0 Å². The van der Waals surface area contributed by atoms with E-state index in [1.807, 2.05) is 12.1 Å². The highest BCUT2D eigenvalue weighted by molar-refractivity contribution is 6.31. The summed E-state index contributed by atoms with van der Waals surface area (Å²) in [6, 6.07) is 8.15. The number of halogens is 2. The first kappa shape index (κ1) is 11.7. The van der Waals surface area contributed by atoms with E-state index in [-0.39, 0.29) is 5.02 Å². The predicted molar refractivity (Wildman–Crippen MR) is 68.5 cm³/mol. The van der Waals surface area contributed by atoms with Gasteiger partial charge in [-0.15, -0.1) is 0 Å². The lowest BCUT2D eigenvalue weighted by Gasteiger charge is -2.08. The Morgan fingerprint density at radius 3 is 2.65 bits per heavy atom. The van der Waals surface area contributed by atoms with Crippen LogP contribution in [0, 0.1) is 5.82 Å². The van der Waals surface area contributed by atoms with Crippen molar-refractivity contribution < 1.29 is 4.39 Å². The van der Waals surface area contributed by atoms with Crippen molar-refractivity contribution in [2.24, 2.45) is 0 Å². The lowest BCUT2D eigenvalue weighted by atomic mass is 10.3. The SMILES string of the molecule is CNc1cc(Nc2ccc(F)c(Cl)c2)ccn1. The summed E-state index contributed by atoms with van der Waals surface area (Å²) in [5, 5.41) is 6.15. The Morgan fingerprint density at radius 2 is 1.94 bits per heavy atom. The van der Waals surface area contributed by atoms with Crippen LogP contribution in [0.25, 0.3) is 0 Å². The first-order chi connectivity index (χ1) is 8.19. The predicted octanol–water partition coefficient (Wildman–Crippen LogP) is 3.66. The van der Waals surface area contributed by atoms with Crippen LogP contribution in [0.3, 0.4) is 0 Å². The van der Waals surface area contributed by atoms with Gasteiger partial charge in [0.1, 0.15) is 11.6 Å². The lowest BCUT2D eigenvalue weighted by molar-refractivity contribution is 0.628. The number of benzene rings is 1. The van der Waals surface area contributed by atoms with Gasteiger partial charge in [-0.05, 0) is 24.3 Å². The second-order valence-electron chi connectivity index (χ2n) is 3.43. The van der Waals surface area contributed by atoms with Crippen molar-refractivity contribution in [3.05, 3.63) is 47.4 Å². The average molecular weight is 252 g/mol. The number of hydrogen-bond donors (Lipinski definition) is 2. The summed E-state index contributed by atoms with van der Waals surface area (Å²) < 4.78 is 13.0. The van der Waals surface area contributed by atoms with Gasteiger partial charge >= 0.3 is 0 Å². The molecule has 2 aromatic rings. The highest BCUT2D eigenvalue weighted by Crippen LogP contribution is 2.23. The Bertz CT molecular complexity index is 531. The monoisotopic (exact) mass is 251 g/mol. The van der Waals surface area contributed by atoms with E-state index in [1.165, 1.54) is 12.1 Å². The minimum Gasteiger partial charge on any atom is -0.373 e. The van der Waals surface area contributed by atoms with Crippen molar-refractivity contribution in [1.29, 1.82) is 0 Å². The number of hydrogen-bond acceptors (Lipinski definition) is 3. The van der Waals surface area contributed by atoms with Gasteiger partial charge in [-0.25, -0.2) is 9.37 Å². The minimum atomic E-state index is -0.428. The third-order valence-corrected chi connectivity index (χ3v) is 2.51. The van der Waals surface area contributed by atoms with Crippen molar-refractivity contribution in [2.75, 3.05) is 17.7 Å². The van der Waals surface area contributed by atoms with E-state index in [2.05, 4.69) is 15.6 Å². The van der Waals surface area contributed by atoms with Crippen molar-refractivity contribution in [3.8, 4) is 0 Å². The summed E-state index contributed by atoms with van der Waals surface area (Å²) in [6.07, 6.45) is 1.68. The maximum atomic E-state index is 13.0. The normalized spacial score (nSPS) is 10.1. The number of aromatic nitrogens is 1. The van der Waals surface area contributed by atoms with Gasteiger partial charge in [0.2, 0.25) is 0 Å². The summed E-state index contributed by atoms with van der Waals surface area (Å²) in [4.78, 5) is 4.09. The minimum absolute atomic E-state index is 0.0953. The molecule has 1 aromatic carbocycles. The molecule has 0 aliphatic carbocycles. The van der Waals surface area contributed by atoms with Crippen LogP contribution in [0.1, 0.15) is 0 Å². The molecule has 1 heterocycles. The Labute approximate surface area is 104 Å². The number of rotatable bonds is 3. The fraction of sp³-hybridized carbons (Fsp3) is 0.0833. The van der Waals surface area contributed by atoms with Gasteiger partial charge in [0.05, 0.1) is 5.02 Å². The number of pyridine rings is 1. The molecule has 2 N–H and O–H groups in total. The van der Waals surface area contributed by atoms with E-state index in [4.69, 9.17) is 11.6 Å². The largest absolute Gasteiger partial charge is 0.373 e. The second-order valence-corrected chi connectivity index (χ2v) is 3.84. The molecule has 0 saturated heterocycles. The molecule has 0 saturated carbocycles. The summed E-state index contributed by atoms with van der Waals surface area (Å²) >= 11 is 5.70. The molecule has 1 aromatic heterocycles. The van der Waals surface area contributed by atoms with Crippen LogP contribution in [-0.2, 0) is 0 Å². The summed E-state index contributed by atoms with van der Waals surface area (Å²) in [7, 11) is 1.79. The molecule has 0 bridgehead atoms. The maximum absolute atomic E-state index is 13.0. The van der Waals surface area contributed by atoms with Gasteiger partial charge in [0, 0.05) is 30.7 Å². The molecule has 2 rings (SSSR count). The molecule has 0 unspecified atom stereocenters. The van der Waals surface area contributed by atoms with Crippen molar-refractivity contribution in [1.82, 2.24) is 4.98 Å². The first-order valence-electron chi connectivity index (χ1n) is 5.05. The van der Waals surface area contributed by atoms with E-state index in [0.717, 1.165) is 17.2 Å². The maximum Gasteiger partial charge on any atom is 0.141 e. The Balaban J connectivity index is 2.22. The van der Waals surface area contributed by atoms with E-state index in [0.29, 0.717) is 0 Å². The van der Waals surface area contributed by atoms with Gasteiger partial charge in [0.25, 0.3) is 0 Å². The van der Waals surface area contributed by atoms with Crippen LogP contribution in [0.5, 0.6) is 0 Å². The van der Waals surface area contributed by atoms with E-state index in [9.17, 15) is 4.39 Å². The molecule has 0 radical (unpaired) electrons. The molecule has 3 nitrogen and oxygen atoms in total. The summed E-state index contributed by atoms with van der Waals surface area (Å²) in [5.41, 5.74) is 1.58. The average Bonchev–Trinajstić information content (AvgIpc) is 2.34. The van der Waals surface area contributed by atoms with Crippen molar-refractivity contribution >= 4 is 28.8 Å². The van der Waals surface area contributed by atoms with Crippen LogP contribution in [0.2, 0.25) is 5.02 Å². The zero-order chi connectivity index (χ0) is 12.3. The van der Waals surface area contributed by atoms with Gasteiger partial charge in [0.15, 0.2) is 0 Å². The van der Waals surface area contributed by atoms with E-state index in [1.54, 1.807) is 19.3 Å².